The van der Waals surface area contributed by atoms with Crippen molar-refractivity contribution < 1.29 is 14.7 Å². The normalized spacial score (nSPS) is 23.8. The molecule has 0 fully saturated rings. The second-order valence-electron chi connectivity index (χ2n) is 2.99. The highest BCUT2D eigenvalue weighted by Gasteiger charge is 2.26. The molecule has 0 aromatic rings. The Morgan fingerprint density at radius 1 is 1.75 bits per heavy atom. The van der Waals surface area contributed by atoms with Crippen LogP contribution in [-0.2, 0) is 9.59 Å². The average molecular weight is 169 g/mol. The highest BCUT2D eigenvalue weighted by molar-refractivity contribution is 6.17. The Morgan fingerprint density at radius 3 is 2.83 bits per heavy atom. The number of hydrogen-bond acceptors (Lipinski definition) is 3. The maximum Gasteiger partial charge on any atom is 0.340 e. The molecule has 1 unspecified atom stereocenters. The van der Waals surface area contributed by atoms with E-state index in [4.69, 9.17) is 5.11 Å². The van der Waals surface area contributed by atoms with Crippen LogP contribution in [0.25, 0.3) is 0 Å². The minimum absolute atomic E-state index is 0.0978. The molecule has 12 heavy (non-hydrogen) atoms. The Hall–Kier alpha value is -1.32. The second-order valence-corrected chi connectivity index (χ2v) is 2.99. The van der Waals surface area contributed by atoms with Crippen molar-refractivity contribution in [2.45, 2.75) is 19.4 Å². The van der Waals surface area contributed by atoms with Crippen LogP contribution in [-0.4, -0.2) is 34.8 Å². The van der Waals surface area contributed by atoms with E-state index in [-0.39, 0.29) is 23.8 Å². The maximum atomic E-state index is 11.1. The number of Topliss-reactive ketones (excluding diaryl/α,β-unsaturated/α-hetero) is 1. The van der Waals surface area contributed by atoms with Crippen molar-refractivity contribution in [3.05, 3.63) is 11.8 Å². The van der Waals surface area contributed by atoms with Gasteiger partial charge in [-0.25, -0.2) is 4.79 Å². The largest absolute Gasteiger partial charge is 0.478 e. The van der Waals surface area contributed by atoms with Crippen LogP contribution in [0.2, 0.25) is 0 Å². The van der Waals surface area contributed by atoms with Crippen molar-refractivity contribution in [1.29, 1.82) is 0 Å². The predicted octanol–water partition coefficient (Wildman–Crippen LogP) is 0.248. The molecule has 0 bridgehead atoms. The van der Waals surface area contributed by atoms with Crippen LogP contribution in [0, 0.1) is 0 Å². The Kier molecular flexibility index (Phi) is 2.17. The van der Waals surface area contributed by atoms with E-state index < -0.39 is 5.97 Å². The molecule has 0 amide bonds. The standard InChI is InChI=1S/C8H11NO3/c1-5-3-7(10)6(8(11)12)4-9(5)2/h4-5H,3H2,1-2H3,(H,11,12). The van der Waals surface area contributed by atoms with Gasteiger partial charge in [-0.05, 0) is 6.92 Å². The minimum atomic E-state index is -1.14. The van der Waals surface area contributed by atoms with Crippen LogP contribution >= 0.6 is 0 Å². The molecule has 4 heteroatoms. The van der Waals surface area contributed by atoms with Gasteiger partial charge >= 0.3 is 5.97 Å². The number of carboxylic acid groups (broad SMARTS) is 1. The number of rotatable bonds is 1. The molecule has 1 rings (SSSR count). The van der Waals surface area contributed by atoms with Gasteiger partial charge in [0.25, 0.3) is 0 Å². The third-order valence-corrected chi connectivity index (χ3v) is 2.04. The first-order valence-electron chi connectivity index (χ1n) is 3.72. The summed E-state index contributed by atoms with van der Waals surface area (Å²) in [6.45, 7) is 1.88. The smallest absolute Gasteiger partial charge is 0.340 e. The summed E-state index contributed by atoms with van der Waals surface area (Å²) in [5.74, 6) is -1.42. The molecule has 0 aromatic carbocycles. The van der Waals surface area contributed by atoms with Gasteiger partial charge in [-0.2, -0.15) is 0 Å². The van der Waals surface area contributed by atoms with Crippen LogP contribution in [0.15, 0.2) is 11.8 Å². The van der Waals surface area contributed by atoms with Crippen LogP contribution in [0.5, 0.6) is 0 Å². The fraction of sp³-hybridized carbons (Fsp3) is 0.500. The van der Waals surface area contributed by atoms with Crippen molar-refractivity contribution in [3.8, 4) is 0 Å². The lowest BCUT2D eigenvalue weighted by atomic mass is 10.0. The third-order valence-electron chi connectivity index (χ3n) is 2.04. The van der Waals surface area contributed by atoms with E-state index in [0.29, 0.717) is 0 Å². The summed E-state index contributed by atoms with van der Waals surface area (Å²) in [5, 5.41) is 8.60. The van der Waals surface area contributed by atoms with Gasteiger partial charge in [-0.3, -0.25) is 4.79 Å². The highest BCUT2D eigenvalue weighted by Crippen LogP contribution is 2.15. The van der Waals surface area contributed by atoms with Crippen LogP contribution in [0.4, 0.5) is 0 Å². The third kappa shape index (κ3) is 1.47. The molecular weight excluding hydrogens is 158 g/mol. The molecule has 1 aliphatic heterocycles. The summed E-state index contributed by atoms with van der Waals surface area (Å²) in [7, 11) is 1.76. The molecule has 0 aromatic heterocycles. The Balaban J connectivity index is 2.93. The van der Waals surface area contributed by atoms with E-state index in [1.165, 1.54) is 6.20 Å². The molecule has 0 saturated heterocycles. The van der Waals surface area contributed by atoms with E-state index in [1.54, 1.807) is 11.9 Å². The number of nitrogens with zero attached hydrogens (tertiary/aromatic N) is 1. The van der Waals surface area contributed by atoms with Crippen molar-refractivity contribution >= 4 is 11.8 Å². The van der Waals surface area contributed by atoms with Crippen LogP contribution in [0.1, 0.15) is 13.3 Å². The van der Waals surface area contributed by atoms with Gasteiger partial charge in [0.15, 0.2) is 5.78 Å². The summed E-state index contributed by atoms with van der Waals surface area (Å²) < 4.78 is 0. The number of carbonyl (C=O) groups is 2. The first kappa shape index (κ1) is 8.77. The van der Waals surface area contributed by atoms with E-state index in [2.05, 4.69) is 0 Å². The molecule has 66 valence electrons. The molecule has 0 spiro atoms. The topological polar surface area (TPSA) is 57.6 Å². The monoisotopic (exact) mass is 169 g/mol. The van der Waals surface area contributed by atoms with Crippen LogP contribution < -0.4 is 0 Å². The molecule has 1 aliphatic rings. The van der Waals surface area contributed by atoms with Crippen molar-refractivity contribution in [2.24, 2.45) is 0 Å². The minimum Gasteiger partial charge on any atom is -0.478 e. The zero-order valence-electron chi connectivity index (χ0n) is 7.07. The SMILES string of the molecule is CC1CC(=O)C(C(=O)O)=CN1C. The fourth-order valence-electron chi connectivity index (χ4n) is 1.10. The van der Waals surface area contributed by atoms with Gasteiger partial charge in [0, 0.05) is 25.7 Å². The summed E-state index contributed by atoms with van der Waals surface area (Å²) >= 11 is 0. The molecule has 0 saturated carbocycles. The fourth-order valence-corrected chi connectivity index (χ4v) is 1.10. The lowest BCUT2D eigenvalue weighted by molar-refractivity contribution is -0.135. The Morgan fingerprint density at radius 2 is 2.33 bits per heavy atom. The molecule has 1 N–H and O–H groups in total. The lowest BCUT2D eigenvalue weighted by Gasteiger charge is -2.27. The number of aliphatic carboxylic acids is 1. The molecule has 1 heterocycles. The number of ketones is 1. The first-order chi connectivity index (χ1) is 5.52. The first-order valence-corrected chi connectivity index (χ1v) is 3.72. The van der Waals surface area contributed by atoms with Crippen molar-refractivity contribution in [1.82, 2.24) is 4.90 Å². The predicted molar refractivity (Wildman–Crippen MR) is 42.6 cm³/mol. The van der Waals surface area contributed by atoms with Gasteiger partial charge < -0.3 is 10.0 Å². The highest BCUT2D eigenvalue weighted by atomic mass is 16.4. The maximum absolute atomic E-state index is 11.1. The average Bonchev–Trinajstić information content (AvgIpc) is 1.96. The Bertz CT molecular complexity index is 257. The van der Waals surface area contributed by atoms with E-state index in [9.17, 15) is 9.59 Å². The van der Waals surface area contributed by atoms with Gasteiger partial charge in [0.1, 0.15) is 5.57 Å². The summed E-state index contributed by atoms with van der Waals surface area (Å²) in [5.41, 5.74) is -0.115. The molecule has 4 nitrogen and oxygen atoms in total. The molecule has 0 aliphatic carbocycles. The zero-order chi connectivity index (χ0) is 9.30. The van der Waals surface area contributed by atoms with E-state index >= 15 is 0 Å². The summed E-state index contributed by atoms with van der Waals surface area (Å²) in [6.07, 6.45) is 1.67. The molecule has 1 atom stereocenters. The van der Waals surface area contributed by atoms with E-state index in [1.807, 2.05) is 6.92 Å². The molecular formula is C8H11NO3. The molecule has 0 radical (unpaired) electrons. The summed E-state index contributed by atoms with van der Waals surface area (Å²) in [6, 6.07) is 0.0978. The van der Waals surface area contributed by atoms with Gasteiger partial charge in [0.2, 0.25) is 0 Å². The van der Waals surface area contributed by atoms with Crippen molar-refractivity contribution in [3.63, 3.8) is 0 Å². The van der Waals surface area contributed by atoms with Gasteiger partial charge in [0.05, 0.1) is 0 Å². The zero-order valence-corrected chi connectivity index (χ0v) is 7.07. The van der Waals surface area contributed by atoms with Crippen molar-refractivity contribution in [2.75, 3.05) is 7.05 Å². The van der Waals surface area contributed by atoms with Gasteiger partial charge in [-0.15, -0.1) is 0 Å². The lowest BCUT2D eigenvalue weighted by Crippen LogP contribution is -2.34. The number of hydrogen-bond donors (Lipinski definition) is 1. The van der Waals surface area contributed by atoms with Gasteiger partial charge in [-0.1, -0.05) is 0 Å². The Labute approximate surface area is 70.5 Å². The summed E-state index contributed by atoms with van der Waals surface area (Å²) in [4.78, 5) is 23.4. The van der Waals surface area contributed by atoms with Crippen LogP contribution in [0.3, 0.4) is 0 Å². The quantitative estimate of drug-likeness (QED) is 0.571. The number of carbonyl (C=O) groups excluding carboxylic acids is 1. The van der Waals surface area contributed by atoms with E-state index in [0.717, 1.165) is 0 Å². The number of carboxylic acids is 1. The second kappa shape index (κ2) is 2.97.